The number of carbonyl (C=O) groups is 1. The fourth-order valence-corrected chi connectivity index (χ4v) is 4.10. The number of amides is 1. The average molecular weight is 543 g/mol. The Bertz CT molecular complexity index is 1170. The molecule has 0 aliphatic rings. The lowest BCUT2D eigenvalue weighted by Crippen LogP contribution is -2.26. The Labute approximate surface area is 201 Å². The van der Waals surface area contributed by atoms with Gasteiger partial charge in [-0.25, -0.2) is 0 Å². The third kappa shape index (κ3) is 5.82. The summed E-state index contributed by atoms with van der Waals surface area (Å²) in [5.74, 6) is 0.862. The number of ether oxygens (including phenoxy) is 2. The van der Waals surface area contributed by atoms with E-state index in [0.717, 1.165) is 20.0 Å². The molecule has 0 fully saturated rings. The normalized spacial score (nSPS) is 11.4. The summed E-state index contributed by atoms with van der Waals surface area (Å²) < 4.78 is 12.5. The van der Waals surface area contributed by atoms with Gasteiger partial charge >= 0.3 is 0 Å². The highest BCUT2D eigenvalue weighted by molar-refractivity contribution is 14.1. The molecule has 0 saturated carbocycles. The fourth-order valence-electron chi connectivity index (χ4n) is 3.34. The van der Waals surface area contributed by atoms with Crippen molar-refractivity contribution in [2.75, 3.05) is 13.2 Å². The van der Waals surface area contributed by atoms with Gasteiger partial charge in [0.05, 0.1) is 16.3 Å². The number of H-pyrrole nitrogens is 1. The molecule has 1 aromatic heterocycles. The largest absolute Gasteiger partial charge is 0.490 e. The van der Waals surface area contributed by atoms with Gasteiger partial charge in [-0.2, -0.15) is 5.26 Å². The van der Waals surface area contributed by atoms with Gasteiger partial charge in [0, 0.05) is 23.6 Å². The minimum Gasteiger partial charge on any atom is -0.490 e. The van der Waals surface area contributed by atoms with E-state index in [1.807, 2.05) is 63.4 Å². The lowest BCUT2D eigenvalue weighted by molar-refractivity contribution is -0.117. The number of aromatic amines is 1. The summed E-state index contributed by atoms with van der Waals surface area (Å²) >= 11 is 2.18. The minimum atomic E-state index is -0.400. The molecule has 32 heavy (non-hydrogen) atoms. The lowest BCUT2D eigenvalue weighted by Gasteiger charge is -2.17. The summed E-state index contributed by atoms with van der Waals surface area (Å²) in [5.41, 5.74) is 2.94. The van der Waals surface area contributed by atoms with Crippen molar-refractivity contribution in [2.45, 2.75) is 33.3 Å². The van der Waals surface area contributed by atoms with Gasteiger partial charge in [-0.05, 0) is 85.2 Å². The van der Waals surface area contributed by atoms with E-state index in [9.17, 15) is 10.1 Å². The van der Waals surface area contributed by atoms with Crippen LogP contribution in [0.2, 0.25) is 0 Å². The molecule has 3 aromatic rings. The van der Waals surface area contributed by atoms with Gasteiger partial charge in [-0.3, -0.25) is 4.79 Å². The van der Waals surface area contributed by atoms with Crippen LogP contribution in [0, 0.1) is 14.9 Å². The van der Waals surface area contributed by atoms with Crippen LogP contribution in [0.3, 0.4) is 0 Å². The van der Waals surface area contributed by atoms with E-state index < -0.39 is 5.91 Å². The molecule has 1 amide bonds. The van der Waals surface area contributed by atoms with Crippen molar-refractivity contribution >= 4 is 45.5 Å². The van der Waals surface area contributed by atoms with E-state index in [2.05, 4.69) is 32.9 Å². The van der Waals surface area contributed by atoms with E-state index in [1.165, 1.54) is 0 Å². The number of halogens is 1. The number of nitrogens with zero attached hydrogens (tertiary/aromatic N) is 1. The molecule has 3 rings (SSSR count). The van der Waals surface area contributed by atoms with Crippen molar-refractivity contribution in [3.63, 3.8) is 0 Å². The van der Waals surface area contributed by atoms with E-state index in [4.69, 9.17) is 9.47 Å². The van der Waals surface area contributed by atoms with Crippen molar-refractivity contribution in [1.29, 1.82) is 5.26 Å². The Morgan fingerprint density at radius 2 is 2.09 bits per heavy atom. The number of benzene rings is 2. The van der Waals surface area contributed by atoms with Crippen molar-refractivity contribution in [2.24, 2.45) is 0 Å². The number of carbonyl (C=O) groups excluding carboxylic acids is 1. The number of rotatable bonds is 9. The first-order valence-electron chi connectivity index (χ1n) is 10.5. The maximum Gasteiger partial charge on any atom is 0.261 e. The summed E-state index contributed by atoms with van der Waals surface area (Å²) in [6.07, 6.45) is 4.20. The molecule has 0 aliphatic carbocycles. The Hall–Kier alpha value is -2.99. The highest BCUT2D eigenvalue weighted by Crippen LogP contribution is 2.35. The topological polar surface area (TPSA) is 87.1 Å². The zero-order chi connectivity index (χ0) is 23.1. The number of para-hydroxylation sites is 1. The van der Waals surface area contributed by atoms with Gasteiger partial charge < -0.3 is 19.8 Å². The van der Waals surface area contributed by atoms with Crippen LogP contribution >= 0.6 is 22.6 Å². The Kier molecular flexibility index (Phi) is 8.17. The molecular weight excluding hydrogens is 517 g/mol. The summed E-state index contributed by atoms with van der Waals surface area (Å²) in [6, 6.07) is 13.7. The summed E-state index contributed by atoms with van der Waals surface area (Å²) in [4.78, 5) is 15.8. The molecule has 0 radical (unpaired) electrons. The molecule has 2 aromatic carbocycles. The first-order valence-corrected chi connectivity index (χ1v) is 11.6. The van der Waals surface area contributed by atoms with E-state index >= 15 is 0 Å². The van der Waals surface area contributed by atoms with E-state index in [1.54, 1.807) is 12.1 Å². The second-order valence-corrected chi connectivity index (χ2v) is 8.63. The van der Waals surface area contributed by atoms with Gasteiger partial charge in [0.2, 0.25) is 0 Å². The predicted molar refractivity (Wildman–Crippen MR) is 135 cm³/mol. The number of nitriles is 1. The number of fused-ring (bicyclic) bond motifs is 1. The third-order valence-electron chi connectivity index (χ3n) is 4.72. The molecule has 166 valence electrons. The van der Waals surface area contributed by atoms with Crippen molar-refractivity contribution in [3.05, 3.63) is 62.9 Å². The first-order chi connectivity index (χ1) is 15.4. The molecule has 7 heteroatoms. The zero-order valence-electron chi connectivity index (χ0n) is 18.4. The molecule has 0 unspecified atom stereocenters. The second-order valence-electron chi connectivity index (χ2n) is 7.46. The monoisotopic (exact) mass is 543 g/mol. The Balaban J connectivity index is 1.73. The Morgan fingerprint density at radius 3 is 2.81 bits per heavy atom. The molecule has 0 bridgehead atoms. The number of hydrogen-bond donors (Lipinski definition) is 2. The van der Waals surface area contributed by atoms with Crippen LogP contribution in [0.15, 0.2) is 48.2 Å². The van der Waals surface area contributed by atoms with Crippen LogP contribution in [0.4, 0.5) is 0 Å². The molecule has 0 atom stereocenters. The Morgan fingerprint density at radius 1 is 1.31 bits per heavy atom. The quantitative estimate of drug-likeness (QED) is 0.220. The molecule has 0 spiro atoms. The van der Waals surface area contributed by atoms with Crippen LogP contribution in [0.1, 0.15) is 31.9 Å². The molecule has 1 heterocycles. The van der Waals surface area contributed by atoms with Crippen molar-refractivity contribution < 1.29 is 14.3 Å². The maximum atomic E-state index is 12.6. The van der Waals surface area contributed by atoms with E-state index in [-0.39, 0.29) is 11.7 Å². The number of nitrogens with one attached hydrogen (secondary N) is 2. The van der Waals surface area contributed by atoms with Crippen LogP contribution in [0.25, 0.3) is 17.0 Å². The molecule has 0 aliphatic heterocycles. The predicted octanol–water partition coefficient (Wildman–Crippen LogP) is 5.22. The standard InChI is InChI=1S/C25H26IN3O3/c1-4-31-23-13-17(12-21(26)24(23)32-16(2)3)11-19(14-27)25(30)28-10-9-18-15-29-22-8-6-5-7-20(18)22/h5-8,11-13,15-16,29H,4,9-10H2,1-3H3,(H,28,30)/b19-11-. The molecule has 6 nitrogen and oxygen atoms in total. The maximum absolute atomic E-state index is 12.6. The minimum absolute atomic E-state index is 0.00158. The van der Waals surface area contributed by atoms with Gasteiger partial charge in [0.1, 0.15) is 11.6 Å². The molecule has 2 N–H and O–H groups in total. The van der Waals surface area contributed by atoms with Crippen LogP contribution in [-0.2, 0) is 11.2 Å². The number of hydrogen-bond acceptors (Lipinski definition) is 4. The summed E-state index contributed by atoms with van der Waals surface area (Å²) in [7, 11) is 0. The van der Waals surface area contributed by atoms with Crippen LogP contribution in [0.5, 0.6) is 11.5 Å². The lowest BCUT2D eigenvalue weighted by atomic mass is 10.1. The second kappa shape index (κ2) is 11.0. The van der Waals surface area contributed by atoms with Crippen molar-refractivity contribution in [1.82, 2.24) is 10.3 Å². The highest BCUT2D eigenvalue weighted by Gasteiger charge is 2.15. The summed E-state index contributed by atoms with van der Waals surface area (Å²) in [6.45, 7) is 6.72. The third-order valence-corrected chi connectivity index (χ3v) is 5.52. The van der Waals surface area contributed by atoms with Gasteiger partial charge in [-0.15, -0.1) is 0 Å². The molecule has 0 saturated heterocycles. The van der Waals surface area contributed by atoms with E-state index in [0.29, 0.717) is 36.6 Å². The smallest absolute Gasteiger partial charge is 0.261 e. The SMILES string of the molecule is CCOc1cc(/C=C(/C#N)C(=O)NCCc2c[nH]c3ccccc23)cc(I)c1OC(C)C. The summed E-state index contributed by atoms with van der Waals surface area (Å²) in [5, 5.41) is 13.5. The zero-order valence-corrected chi connectivity index (χ0v) is 20.5. The van der Waals surface area contributed by atoms with Gasteiger partial charge in [0.15, 0.2) is 11.5 Å². The van der Waals surface area contributed by atoms with Gasteiger partial charge in [-0.1, -0.05) is 18.2 Å². The molecular formula is C25H26IN3O3. The highest BCUT2D eigenvalue weighted by atomic mass is 127. The number of aromatic nitrogens is 1. The van der Waals surface area contributed by atoms with Gasteiger partial charge in [0.25, 0.3) is 5.91 Å². The first kappa shape index (κ1) is 23.7. The van der Waals surface area contributed by atoms with Crippen LogP contribution < -0.4 is 14.8 Å². The fraction of sp³-hybridized carbons (Fsp3) is 0.280. The average Bonchev–Trinajstić information content (AvgIpc) is 3.17. The van der Waals surface area contributed by atoms with Crippen molar-refractivity contribution in [3.8, 4) is 17.6 Å². The van der Waals surface area contributed by atoms with Crippen LogP contribution in [-0.4, -0.2) is 30.1 Å².